The summed E-state index contributed by atoms with van der Waals surface area (Å²) in [6.45, 7) is 4.65. The number of nitrogens with one attached hydrogen (secondary N) is 1. The van der Waals surface area contributed by atoms with Crippen LogP contribution in [0.3, 0.4) is 0 Å². The van der Waals surface area contributed by atoms with Gasteiger partial charge >= 0.3 is 5.97 Å². The number of hydrogen-bond donors (Lipinski definition) is 1. The van der Waals surface area contributed by atoms with E-state index in [4.69, 9.17) is 9.47 Å². The minimum Gasteiger partial charge on any atom is -0.495 e. The van der Waals surface area contributed by atoms with E-state index < -0.39 is 5.92 Å². The Morgan fingerprint density at radius 1 is 1.16 bits per heavy atom. The number of aryl methyl sites for hydroxylation is 1. The van der Waals surface area contributed by atoms with Gasteiger partial charge in [0, 0.05) is 18.7 Å². The van der Waals surface area contributed by atoms with E-state index in [1.54, 1.807) is 36.3 Å². The molecule has 31 heavy (non-hydrogen) atoms. The molecule has 1 unspecified atom stereocenters. The zero-order chi connectivity index (χ0) is 22.4. The molecule has 0 spiro atoms. The number of rotatable bonds is 8. The van der Waals surface area contributed by atoms with Crippen LogP contribution in [0.4, 0.5) is 11.4 Å². The van der Waals surface area contributed by atoms with Crippen LogP contribution >= 0.6 is 0 Å². The highest BCUT2D eigenvalue weighted by molar-refractivity contribution is 6.04. The Labute approximate surface area is 182 Å². The quantitative estimate of drug-likeness (QED) is 0.512. The fourth-order valence-corrected chi connectivity index (χ4v) is 3.45. The molecule has 3 rings (SSSR count). The van der Waals surface area contributed by atoms with Crippen LogP contribution in [-0.4, -0.2) is 38.0 Å². The first-order valence-corrected chi connectivity index (χ1v) is 10.5. The lowest BCUT2D eigenvalue weighted by Crippen LogP contribution is -2.28. The van der Waals surface area contributed by atoms with Gasteiger partial charge in [-0.25, -0.2) is 4.79 Å². The lowest BCUT2D eigenvalue weighted by Gasteiger charge is -2.20. The zero-order valence-electron chi connectivity index (χ0n) is 18.1. The highest BCUT2D eigenvalue weighted by Crippen LogP contribution is 2.34. The summed E-state index contributed by atoms with van der Waals surface area (Å²) in [5, 5.41) is 2.83. The van der Waals surface area contributed by atoms with Crippen molar-refractivity contribution >= 4 is 29.2 Å². The monoisotopic (exact) mass is 424 g/mol. The lowest BCUT2D eigenvalue weighted by molar-refractivity contribution is -0.122. The average Bonchev–Trinajstić information content (AvgIpc) is 3.16. The number of amides is 2. The number of ether oxygens (including phenoxy) is 2. The molecule has 0 aliphatic carbocycles. The van der Waals surface area contributed by atoms with Crippen molar-refractivity contribution in [2.75, 3.05) is 30.5 Å². The standard InChI is InChI=1S/C24H28N2O5/c1-4-5-12-31-24(29)17-7-9-19(10-8-17)25-23(28)18-14-22(27)26(15-18)20-13-16(2)6-11-21(20)30-3/h6-11,13,18H,4-5,12,14-15H2,1-3H3,(H,25,28). The molecule has 0 aromatic heterocycles. The molecule has 1 heterocycles. The number of methoxy groups -OCH3 is 1. The van der Waals surface area contributed by atoms with Crippen LogP contribution < -0.4 is 15.0 Å². The van der Waals surface area contributed by atoms with Gasteiger partial charge in [0.2, 0.25) is 11.8 Å². The van der Waals surface area contributed by atoms with Gasteiger partial charge in [-0.3, -0.25) is 9.59 Å². The first kappa shape index (κ1) is 22.3. The van der Waals surface area contributed by atoms with Gasteiger partial charge in [0.1, 0.15) is 5.75 Å². The maximum absolute atomic E-state index is 12.7. The number of benzene rings is 2. The first-order valence-electron chi connectivity index (χ1n) is 10.5. The van der Waals surface area contributed by atoms with Gasteiger partial charge in [0.15, 0.2) is 0 Å². The van der Waals surface area contributed by atoms with Gasteiger partial charge in [-0.15, -0.1) is 0 Å². The third-order valence-electron chi connectivity index (χ3n) is 5.24. The lowest BCUT2D eigenvalue weighted by atomic mass is 10.1. The Balaban J connectivity index is 1.62. The SMILES string of the molecule is CCCCOC(=O)c1ccc(NC(=O)C2CC(=O)N(c3cc(C)ccc3OC)C2)cc1. The van der Waals surface area contributed by atoms with Crippen LogP contribution in [0.1, 0.15) is 42.1 Å². The summed E-state index contributed by atoms with van der Waals surface area (Å²) in [6.07, 6.45) is 1.91. The number of carbonyl (C=O) groups is 3. The second-order valence-electron chi connectivity index (χ2n) is 7.64. The van der Waals surface area contributed by atoms with Gasteiger partial charge in [-0.2, -0.15) is 0 Å². The Morgan fingerprint density at radius 3 is 2.58 bits per heavy atom. The number of esters is 1. The molecule has 1 N–H and O–H groups in total. The molecule has 7 nitrogen and oxygen atoms in total. The molecule has 1 fully saturated rings. The van der Waals surface area contributed by atoms with Gasteiger partial charge in [0.05, 0.1) is 30.9 Å². The van der Waals surface area contributed by atoms with Crippen molar-refractivity contribution in [1.29, 1.82) is 0 Å². The Morgan fingerprint density at radius 2 is 1.90 bits per heavy atom. The molecule has 2 amide bonds. The van der Waals surface area contributed by atoms with Crippen molar-refractivity contribution in [1.82, 2.24) is 0 Å². The van der Waals surface area contributed by atoms with E-state index in [9.17, 15) is 14.4 Å². The Kier molecular flexibility index (Phi) is 7.28. The predicted octanol–water partition coefficient (Wildman–Crippen LogP) is 3.95. The largest absolute Gasteiger partial charge is 0.495 e. The zero-order valence-corrected chi connectivity index (χ0v) is 18.1. The van der Waals surface area contributed by atoms with Gasteiger partial charge in [-0.05, 0) is 55.3 Å². The Bertz CT molecular complexity index is 955. The highest BCUT2D eigenvalue weighted by Gasteiger charge is 2.36. The number of nitrogens with zero attached hydrogens (tertiary/aromatic N) is 1. The average molecular weight is 424 g/mol. The van der Waals surface area contributed by atoms with Crippen molar-refractivity contribution < 1.29 is 23.9 Å². The van der Waals surface area contributed by atoms with Crippen molar-refractivity contribution in [3.63, 3.8) is 0 Å². The maximum atomic E-state index is 12.7. The van der Waals surface area contributed by atoms with Crippen molar-refractivity contribution in [2.24, 2.45) is 5.92 Å². The van der Waals surface area contributed by atoms with E-state index in [1.807, 2.05) is 32.0 Å². The molecule has 0 bridgehead atoms. The topological polar surface area (TPSA) is 84.9 Å². The fourth-order valence-electron chi connectivity index (χ4n) is 3.45. The number of unbranched alkanes of at least 4 members (excludes halogenated alkanes) is 1. The summed E-state index contributed by atoms with van der Waals surface area (Å²) in [4.78, 5) is 38.9. The van der Waals surface area contributed by atoms with Crippen LogP contribution in [0.15, 0.2) is 42.5 Å². The van der Waals surface area contributed by atoms with Crippen LogP contribution in [0.5, 0.6) is 5.75 Å². The summed E-state index contributed by atoms with van der Waals surface area (Å²) in [7, 11) is 1.56. The van der Waals surface area contributed by atoms with Crippen LogP contribution in [0, 0.1) is 12.8 Å². The smallest absolute Gasteiger partial charge is 0.338 e. The summed E-state index contributed by atoms with van der Waals surface area (Å²) < 4.78 is 10.6. The van der Waals surface area contributed by atoms with E-state index in [0.29, 0.717) is 29.3 Å². The van der Waals surface area contributed by atoms with Crippen molar-refractivity contribution in [3.05, 3.63) is 53.6 Å². The molecule has 164 valence electrons. The number of hydrogen-bond acceptors (Lipinski definition) is 5. The normalized spacial score (nSPS) is 15.6. The molecule has 0 saturated carbocycles. The summed E-state index contributed by atoms with van der Waals surface area (Å²) >= 11 is 0. The molecular weight excluding hydrogens is 396 g/mol. The molecule has 1 aliphatic heterocycles. The second-order valence-corrected chi connectivity index (χ2v) is 7.64. The van der Waals surface area contributed by atoms with Crippen LogP contribution in [0.25, 0.3) is 0 Å². The molecule has 1 aliphatic rings. The summed E-state index contributed by atoms with van der Waals surface area (Å²) in [5.74, 6) is -0.608. The minimum atomic E-state index is -0.476. The van der Waals surface area contributed by atoms with Gasteiger partial charge in [-0.1, -0.05) is 19.4 Å². The molecular formula is C24H28N2O5. The third-order valence-corrected chi connectivity index (χ3v) is 5.24. The molecule has 7 heteroatoms. The van der Waals surface area contributed by atoms with Gasteiger partial charge < -0.3 is 19.7 Å². The molecule has 2 aromatic rings. The second kappa shape index (κ2) is 10.1. The molecule has 1 saturated heterocycles. The summed E-state index contributed by atoms with van der Waals surface area (Å²) in [5.41, 5.74) is 2.68. The number of anilines is 2. The third kappa shape index (κ3) is 5.42. The van der Waals surface area contributed by atoms with E-state index in [0.717, 1.165) is 18.4 Å². The van der Waals surface area contributed by atoms with E-state index in [-0.39, 0.29) is 30.7 Å². The van der Waals surface area contributed by atoms with Crippen molar-refractivity contribution in [3.8, 4) is 5.75 Å². The van der Waals surface area contributed by atoms with Crippen LogP contribution in [-0.2, 0) is 14.3 Å². The first-order chi connectivity index (χ1) is 14.9. The van der Waals surface area contributed by atoms with Gasteiger partial charge in [0.25, 0.3) is 0 Å². The highest BCUT2D eigenvalue weighted by atomic mass is 16.5. The van der Waals surface area contributed by atoms with E-state index in [1.165, 1.54) is 0 Å². The predicted molar refractivity (Wildman–Crippen MR) is 118 cm³/mol. The van der Waals surface area contributed by atoms with Crippen LogP contribution in [0.2, 0.25) is 0 Å². The van der Waals surface area contributed by atoms with Crippen molar-refractivity contribution in [2.45, 2.75) is 33.1 Å². The van der Waals surface area contributed by atoms with E-state index in [2.05, 4.69) is 5.32 Å². The van der Waals surface area contributed by atoms with E-state index >= 15 is 0 Å². The number of carbonyl (C=O) groups excluding carboxylic acids is 3. The molecule has 0 radical (unpaired) electrons. The Hall–Kier alpha value is -3.35. The molecule has 2 aromatic carbocycles. The fraction of sp³-hybridized carbons (Fsp3) is 0.375. The maximum Gasteiger partial charge on any atom is 0.338 e. The minimum absolute atomic E-state index is 0.116. The summed E-state index contributed by atoms with van der Waals surface area (Å²) in [6, 6.07) is 12.2. The molecule has 1 atom stereocenters.